The molecular weight excluding hydrogens is 497 g/mol. The van der Waals surface area contributed by atoms with E-state index in [0.29, 0.717) is 41.0 Å². The van der Waals surface area contributed by atoms with Gasteiger partial charge in [0.1, 0.15) is 5.82 Å². The molecule has 0 spiro atoms. The van der Waals surface area contributed by atoms with Crippen molar-refractivity contribution in [1.82, 2.24) is 20.1 Å². The quantitative estimate of drug-likeness (QED) is 0.170. The number of amides is 1. The van der Waals surface area contributed by atoms with Crippen molar-refractivity contribution in [3.8, 4) is 11.4 Å². The Balaban J connectivity index is 1.50. The Labute approximate surface area is 216 Å². The molecule has 0 bridgehead atoms. The largest absolute Gasteiger partial charge is 0.383 e. The number of benzene rings is 3. The number of carbonyl (C=O) groups excluding carboxylic acids is 1. The molecule has 9 nitrogen and oxygen atoms in total. The van der Waals surface area contributed by atoms with E-state index in [2.05, 4.69) is 15.5 Å². The first-order chi connectivity index (χ1) is 18.0. The van der Waals surface area contributed by atoms with E-state index in [1.54, 1.807) is 43.5 Å². The van der Waals surface area contributed by atoms with Gasteiger partial charge in [0, 0.05) is 42.7 Å². The second-order valence-corrected chi connectivity index (χ2v) is 8.95. The van der Waals surface area contributed by atoms with Gasteiger partial charge in [-0.05, 0) is 41.5 Å². The highest BCUT2D eigenvalue weighted by molar-refractivity contribution is 7.98. The molecule has 1 aromatic heterocycles. The van der Waals surface area contributed by atoms with Crippen LogP contribution in [0.2, 0.25) is 0 Å². The zero-order valence-electron chi connectivity index (χ0n) is 20.0. The smallest absolute Gasteiger partial charge is 0.269 e. The van der Waals surface area contributed by atoms with Gasteiger partial charge in [-0.3, -0.25) is 19.5 Å². The predicted octanol–water partition coefficient (Wildman–Crippen LogP) is 4.86. The molecule has 0 aliphatic carbocycles. The van der Waals surface area contributed by atoms with Gasteiger partial charge in [-0.2, -0.15) is 0 Å². The Kier molecular flexibility index (Phi) is 8.60. The SMILES string of the molecule is COCCn1c(SCc2ccccc2C(=O)NCc2ccc(F)cc2)nnc1-c1ccc([N+](=O)[O-])cc1. The van der Waals surface area contributed by atoms with Crippen LogP contribution in [0.4, 0.5) is 10.1 Å². The molecule has 1 heterocycles. The summed E-state index contributed by atoms with van der Waals surface area (Å²) in [5, 5.41) is 23.2. The molecule has 0 aliphatic heterocycles. The number of nitro benzene ring substituents is 1. The molecular formula is C26H24FN5O4S. The van der Waals surface area contributed by atoms with Gasteiger partial charge in [0.25, 0.3) is 11.6 Å². The molecule has 11 heteroatoms. The number of ether oxygens (including phenoxy) is 1. The first-order valence-corrected chi connectivity index (χ1v) is 12.3. The van der Waals surface area contributed by atoms with Crippen molar-refractivity contribution >= 4 is 23.4 Å². The molecule has 0 unspecified atom stereocenters. The van der Waals surface area contributed by atoms with Crippen LogP contribution < -0.4 is 5.32 Å². The number of non-ortho nitro benzene ring substituents is 1. The minimum Gasteiger partial charge on any atom is -0.383 e. The fourth-order valence-corrected chi connectivity index (χ4v) is 4.58. The monoisotopic (exact) mass is 521 g/mol. The molecule has 37 heavy (non-hydrogen) atoms. The van der Waals surface area contributed by atoms with E-state index in [1.807, 2.05) is 16.7 Å². The lowest BCUT2D eigenvalue weighted by Crippen LogP contribution is -2.23. The fourth-order valence-electron chi connectivity index (χ4n) is 3.62. The van der Waals surface area contributed by atoms with Gasteiger partial charge in [0.05, 0.1) is 18.1 Å². The molecule has 1 N–H and O–H groups in total. The summed E-state index contributed by atoms with van der Waals surface area (Å²) in [6, 6.07) is 19.4. The fraction of sp³-hybridized carbons (Fsp3) is 0.192. The molecule has 0 atom stereocenters. The van der Waals surface area contributed by atoms with Crippen LogP contribution in [0.3, 0.4) is 0 Å². The van der Waals surface area contributed by atoms with E-state index in [9.17, 15) is 19.3 Å². The van der Waals surface area contributed by atoms with Crippen molar-refractivity contribution < 1.29 is 18.8 Å². The number of hydrogen-bond donors (Lipinski definition) is 1. The third-order valence-corrected chi connectivity index (χ3v) is 6.57. The Bertz CT molecular complexity index is 1380. The van der Waals surface area contributed by atoms with Crippen molar-refractivity contribution in [3.63, 3.8) is 0 Å². The number of hydrogen-bond acceptors (Lipinski definition) is 7. The van der Waals surface area contributed by atoms with Gasteiger partial charge in [0.15, 0.2) is 11.0 Å². The van der Waals surface area contributed by atoms with Crippen LogP contribution >= 0.6 is 11.8 Å². The van der Waals surface area contributed by atoms with Gasteiger partial charge < -0.3 is 10.1 Å². The Morgan fingerprint density at radius 1 is 1.08 bits per heavy atom. The van der Waals surface area contributed by atoms with Crippen LogP contribution in [0.1, 0.15) is 21.5 Å². The summed E-state index contributed by atoms with van der Waals surface area (Å²) in [5.41, 5.74) is 2.85. The summed E-state index contributed by atoms with van der Waals surface area (Å²) in [6.07, 6.45) is 0. The number of carbonyl (C=O) groups is 1. The number of thioether (sulfide) groups is 1. The van der Waals surface area contributed by atoms with E-state index in [4.69, 9.17) is 4.74 Å². The maximum absolute atomic E-state index is 13.1. The standard InChI is InChI=1S/C26H24FN5O4S/c1-36-15-14-31-24(19-8-12-22(13-9-19)32(34)35)29-30-26(31)37-17-20-4-2-3-5-23(20)25(33)28-16-18-6-10-21(27)11-7-18/h2-13H,14-17H2,1H3,(H,28,33). The number of aromatic nitrogens is 3. The zero-order chi connectivity index (χ0) is 26.2. The van der Waals surface area contributed by atoms with Crippen LogP contribution in [0.25, 0.3) is 11.4 Å². The normalized spacial score (nSPS) is 10.9. The third kappa shape index (κ3) is 6.57. The number of nitrogens with zero attached hydrogens (tertiary/aromatic N) is 4. The highest BCUT2D eigenvalue weighted by Crippen LogP contribution is 2.28. The molecule has 3 aromatic carbocycles. The molecule has 1 amide bonds. The first-order valence-electron chi connectivity index (χ1n) is 11.4. The van der Waals surface area contributed by atoms with Crippen LogP contribution in [0.15, 0.2) is 78.0 Å². The summed E-state index contributed by atoms with van der Waals surface area (Å²) >= 11 is 1.43. The highest BCUT2D eigenvalue weighted by atomic mass is 32.2. The summed E-state index contributed by atoms with van der Waals surface area (Å²) in [6.45, 7) is 1.19. The van der Waals surface area contributed by atoms with Crippen LogP contribution in [0, 0.1) is 15.9 Å². The second-order valence-electron chi connectivity index (χ2n) is 8.01. The minimum atomic E-state index is -0.450. The third-order valence-electron chi connectivity index (χ3n) is 5.56. The van der Waals surface area contributed by atoms with E-state index >= 15 is 0 Å². The molecule has 4 rings (SSSR count). The van der Waals surface area contributed by atoms with Gasteiger partial charge in [-0.25, -0.2) is 4.39 Å². The van der Waals surface area contributed by atoms with Crippen LogP contribution in [-0.2, 0) is 23.6 Å². The van der Waals surface area contributed by atoms with E-state index in [0.717, 1.165) is 11.1 Å². The number of methoxy groups -OCH3 is 1. The van der Waals surface area contributed by atoms with Gasteiger partial charge >= 0.3 is 0 Å². The average molecular weight is 522 g/mol. The minimum absolute atomic E-state index is 0.00406. The Hall–Kier alpha value is -4.09. The lowest BCUT2D eigenvalue weighted by molar-refractivity contribution is -0.384. The van der Waals surface area contributed by atoms with Gasteiger partial charge in [-0.15, -0.1) is 10.2 Å². The van der Waals surface area contributed by atoms with Crippen molar-refractivity contribution in [2.45, 2.75) is 24.0 Å². The zero-order valence-corrected chi connectivity index (χ0v) is 20.8. The maximum atomic E-state index is 13.1. The predicted molar refractivity (Wildman–Crippen MR) is 138 cm³/mol. The summed E-state index contributed by atoms with van der Waals surface area (Å²) < 4.78 is 20.3. The van der Waals surface area contributed by atoms with Crippen molar-refractivity contribution in [1.29, 1.82) is 0 Å². The molecule has 0 saturated heterocycles. The number of halogens is 1. The van der Waals surface area contributed by atoms with E-state index < -0.39 is 4.92 Å². The second kappa shape index (κ2) is 12.2. The lowest BCUT2D eigenvalue weighted by atomic mass is 10.1. The summed E-state index contributed by atoms with van der Waals surface area (Å²) in [5.74, 6) is 0.478. The number of rotatable bonds is 11. The summed E-state index contributed by atoms with van der Waals surface area (Å²) in [7, 11) is 1.60. The van der Waals surface area contributed by atoms with Crippen molar-refractivity contribution in [2.24, 2.45) is 0 Å². The number of nitrogens with one attached hydrogen (secondary N) is 1. The van der Waals surface area contributed by atoms with Crippen molar-refractivity contribution in [3.05, 3.63) is 105 Å². The Morgan fingerprint density at radius 3 is 2.51 bits per heavy atom. The van der Waals surface area contributed by atoms with Gasteiger partial charge in [0.2, 0.25) is 0 Å². The van der Waals surface area contributed by atoms with Crippen LogP contribution in [0.5, 0.6) is 0 Å². The summed E-state index contributed by atoms with van der Waals surface area (Å²) in [4.78, 5) is 23.4. The van der Waals surface area contributed by atoms with E-state index in [-0.39, 0.29) is 24.0 Å². The molecule has 190 valence electrons. The van der Waals surface area contributed by atoms with E-state index in [1.165, 1.54) is 36.0 Å². The Morgan fingerprint density at radius 2 is 1.81 bits per heavy atom. The highest BCUT2D eigenvalue weighted by Gasteiger charge is 2.17. The molecule has 0 radical (unpaired) electrons. The topological polar surface area (TPSA) is 112 Å². The lowest BCUT2D eigenvalue weighted by Gasteiger charge is -2.12. The maximum Gasteiger partial charge on any atom is 0.269 e. The average Bonchev–Trinajstić information content (AvgIpc) is 3.33. The molecule has 0 fully saturated rings. The first kappa shape index (κ1) is 26.0. The molecule has 4 aromatic rings. The molecule has 0 aliphatic rings. The van der Waals surface area contributed by atoms with Crippen molar-refractivity contribution in [2.75, 3.05) is 13.7 Å². The van der Waals surface area contributed by atoms with Crippen LogP contribution in [-0.4, -0.2) is 39.3 Å². The number of nitro groups is 1. The van der Waals surface area contributed by atoms with Gasteiger partial charge in [-0.1, -0.05) is 42.1 Å². The molecule has 0 saturated carbocycles.